The molecule has 21 heavy (non-hydrogen) atoms. The Hall–Kier alpha value is -0.910. The Kier molecular flexibility index (Phi) is 4.62. The van der Waals surface area contributed by atoms with Crippen LogP contribution in [0.25, 0.3) is 0 Å². The van der Waals surface area contributed by atoms with Gasteiger partial charge in [-0.05, 0) is 32.0 Å². The number of hydrogen-bond donors (Lipinski definition) is 1. The normalized spacial score (nSPS) is 20.9. The molecule has 0 amide bonds. The summed E-state index contributed by atoms with van der Waals surface area (Å²) in [6, 6.07) is 6.62. The van der Waals surface area contributed by atoms with Crippen LogP contribution >= 0.6 is 27.3 Å². The lowest BCUT2D eigenvalue weighted by atomic mass is 9.96. The maximum Gasteiger partial charge on any atom is 0.152 e. The molecule has 2 aromatic rings. The molecule has 0 aliphatic carbocycles. The molecule has 1 aliphatic rings. The van der Waals surface area contributed by atoms with Crippen LogP contribution in [0.5, 0.6) is 5.75 Å². The van der Waals surface area contributed by atoms with E-state index in [0.29, 0.717) is 6.04 Å². The molecule has 2 unspecified atom stereocenters. The first-order chi connectivity index (χ1) is 10.2. The Morgan fingerprint density at radius 3 is 3.05 bits per heavy atom. The van der Waals surface area contributed by atoms with Gasteiger partial charge in [-0.15, -0.1) is 11.3 Å². The van der Waals surface area contributed by atoms with Crippen molar-refractivity contribution in [2.45, 2.75) is 38.8 Å². The number of halogens is 1. The second kappa shape index (κ2) is 6.46. The molecule has 5 heteroatoms. The van der Waals surface area contributed by atoms with Crippen molar-refractivity contribution >= 4 is 27.3 Å². The number of thiazole rings is 1. The van der Waals surface area contributed by atoms with E-state index in [-0.39, 0.29) is 6.10 Å². The predicted octanol–water partition coefficient (Wildman–Crippen LogP) is 4.78. The van der Waals surface area contributed by atoms with Gasteiger partial charge in [0.2, 0.25) is 0 Å². The van der Waals surface area contributed by atoms with E-state index in [1.165, 1.54) is 5.56 Å². The molecule has 0 bridgehead atoms. The Balaban J connectivity index is 1.91. The second-order valence-corrected chi connectivity index (χ2v) is 7.16. The number of rotatable bonds is 4. The van der Waals surface area contributed by atoms with Gasteiger partial charge in [-0.1, -0.05) is 28.9 Å². The Labute approximate surface area is 137 Å². The monoisotopic (exact) mass is 366 g/mol. The van der Waals surface area contributed by atoms with E-state index in [2.05, 4.69) is 56.7 Å². The van der Waals surface area contributed by atoms with E-state index in [1.807, 2.05) is 6.92 Å². The third kappa shape index (κ3) is 3.30. The van der Waals surface area contributed by atoms with E-state index in [0.717, 1.165) is 40.3 Å². The lowest BCUT2D eigenvalue weighted by Gasteiger charge is -2.32. The lowest BCUT2D eigenvalue weighted by Crippen LogP contribution is -2.29. The number of benzene rings is 1. The molecule has 0 fully saturated rings. The van der Waals surface area contributed by atoms with Crippen LogP contribution in [0.1, 0.15) is 48.2 Å². The van der Waals surface area contributed by atoms with E-state index in [1.54, 1.807) is 11.3 Å². The van der Waals surface area contributed by atoms with Crippen molar-refractivity contribution in [1.82, 2.24) is 10.3 Å². The summed E-state index contributed by atoms with van der Waals surface area (Å²) < 4.78 is 7.25. The van der Waals surface area contributed by atoms with Gasteiger partial charge >= 0.3 is 0 Å². The molecule has 1 aromatic carbocycles. The van der Waals surface area contributed by atoms with Crippen LogP contribution in [-0.4, -0.2) is 11.5 Å². The van der Waals surface area contributed by atoms with Gasteiger partial charge in [0.1, 0.15) is 10.8 Å². The van der Waals surface area contributed by atoms with Gasteiger partial charge in [0.05, 0.1) is 0 Å². The van der Waals surface area contributed by atoms with Crippen LogP contribution in [0.3, 0.4) is 0 Å². The van der Waals surface area contributed by atoms with Gasteiger partial charge in [0.15, 0.2) is 6.10 Å². The van der Waals surface area contributed by atoms with Gasteiger partial charge in [-0.3, -0.25) is 0 Å². The fourth-order valence-corrected chi connectivity index (χ4v) is 3.80. The summed E-state index contributed by atoms with van der Waals surface area (Å²) in [6.07, 6.45) is 2.10. The minimum Gasteiger partial charge on any atom is -0.483 e. The minimum absolute atomic E-state index is 0.0415. The first-order valence-electron chi connectivity index (χ1n) is 7.29. The van der Waals surface area contributed by atoms with Crippen LogP contribution < -0.4 is 10.1 Å². The maximum absolute atomic E-state index is 6.20. The average molecular weight is 367 g/mol. The van der Waals surface area contributed by atoms with Crippen molar-refractivity contribution in [3.8, 4) is 5.75 Å². The van der Waals surface area contributed by atoms with Gasteiger partial charge in [-0.25, -0.2) is 4.98 Å². The predicted molar refractivity (Wildman–Crippen MR) is 90.0 cm³/mol. The summed E-state index contributed by atoms with van der Waals surface area (Å²) in [5, 5.41) is 6.79. The number of ether oxygens (including phenoxy) is 1. The highest BCUT2D eigenvalue weighted by molar-refractivity contribution is 9.10. The van der Waals surface area contributed by atoms with E-state index >= 15 is 0 Å². The fourth-order valence-electron chi connectivity index (χ4n) is 2.62. The lowest BCUT2D eigenvalue weighted by molar-refractivity contribution is 0.151. The third-order valence-corrected chi connectivity index (χ3v) is 5.17. The average Bonchev–Trinajstić information content (AvgIpc) is 2.90. The maximum atomic E-state index is 6.20. The number of nitrogens with one attached hydrogen (secondary N) is 1. The molecule has 0 saturated heterocycles. The summed E-state index contributed by atoms with van der Waals surface area (Å²) in [4.78, 5) is 4.60. The van der Waals surface area contributed by atoms with Crippen molar-refractivity contribution in [3.63, 3.8) is 0 Å². The van der Waals surface area contributed by atoms with Gasteiger partial charge in [-0.2, -0.15) is 0 Å². The molecule has 3 rings (SSSR count). The third-order valence-electron chi connectivity index (χ3n) is 3.62. The number of aryl methyl sites for hydroxylation is 1. The highest BCUT2D eigenvalue weighted by Gasteiger charge is 2.30. The molecule has 1 aromatic heterocycles. The molecule has 112 valence electrons. The van der Waals surface area contributed by atoms with Gasteiger partial charge in [0.25, 0.3) is 0 Å². The molecular formula is C16H19BrN2OS. The van der Waals surface area contributed by atoms with Crippen LogP contribution in [0.4, 0.5) is 0 Å². The molecular weight excluding hydrogens is 348 g/mol. The van der Waals surface area contributed by atoms with Crippen LogP contribution in [0.15, 0.2) is 28.1 Å². The SMILES string of the molecule is CCCNC1CC(c2nc(C)cs2)Oc2cc(Br)ccc21. The minimum atomic E-state index is 0.0415. The zero-order valence-electron chi connectivity index (χ0n) is 12.2. The van der Waals surface area contributed by atoms with Crippen molar-refractivity contribution in [2.75, 3.05) is 6.54 Å². The quantitative estimate of drug-likeness (QED) is 0.845. The highest BCUT2D eigenvalue weighted by Crippen LogP contribution is 2.42. The van der Waals surface area contributed by atoms with Crippen molar-refractivity contribution in [2.24, 2.45) is 0 Å². The van der Waals surface area contributed by atoms with E-state index < -0.39 is 0 Å². The smallest absolute Gasteiger partial charge is 0.152 e. The topological polar surface area (TPSA) is 34.2 Å². The number of nitrogens with zero attached hydrogens (tertiary/aromatic N) is 1. The summed E-state index contributed by atoms with van der Waals surface area (Å²) in [5.74, 6) is 0.960. The Morgan fingerprint density at radius 2 is 2.33 bits per heavy atom. The standard InChI is InChI=1S/C16H19BrN2OS/c1-3-6-18-13-8-15(16-19-10(2)9-21-16)20-14-7-11(17)4-5-12(13)14/h4-5,7,9,13,15,18H,3,6,8H2,1-2H3. The fraction of sp³-hybridized carbons (Fsp3) is 0.438. The Morgan fingerprint density at radius 1 is 1.48 bits per heavy atom. The summed E-state index contributed by atoms with van der Waals surface area (Å²) in [6.45, 7) is 5.24. The zero-order valence-corrected chi connectivity index (χ0v) is 14.6. The summed E-state index contributed by atoms with van der Waals surface area (Å²) in [7, 11) is 0. The van der Waals surface area contributed by atoms with Crippen molar-refractivity contribution in [1.29, 1.82) is 0 Å². The van der Waals surface area contributed by atoms with E-state index in [9.17, 15) is 0 Å². The number of fused-ring (bicyclic) bond motifs is 1. The first-order valence-corrected chi connectivity index (χ1v) is 8.96. The number of aromatic nitrogens is 1. The Bertz CT molecular complexity index is 628. The van der Waals surface area contributed by atoms with Crippen LogP contribution in [0, 0.1) is 6.92 Å². The van der Waals surface area contributed by atoms with Crippen molar-refractivity contribution < 1.29 is 4.74 Å². The van der Waals surface area contributed by atoms with Crippen LogP contribution in [-0.2, 0) is 0 Å². The largest absolute Gasteiger partial charge is 0.483 e. The van der Waals surface area contributed by atoms with Gasteiger partial charge < -0.3 is 10.1 Å². The van der Waals surface area contributed by atoms with Crippen LogP contribution in [0.2, 0.25) is 0 Å². The molecule has 0 saturated carbocycles. The zero-order chi connectivity index (χ0) is 14.8. The first kappa shape index (κ1) is 15.0. The molecule has 0 spiro atoms. The molecule has 2 heterocycles. The van der Waals surface area contributed by atoms with E-state index in [4.69, 9.17) is 4.74 Å². The molecule has 2 atom stereocenters. The number of hydrogen-bond acceptors (Lipinski definition) is 4. The molecule has 1 N–H and O–H groups in total. The molecule has 1 aliphatic heterocycles. The van der Waals surface area contributed by atoms with Crippen molar-refractivity contribution in [3.05, 3.63) is 44.3 Å². The van der Waals surface area contributed by atoms with Gasteiger partial charge in [0, 0.05) is 33.6 Å². The second-order valence-electron chi connectivity index (χ2n) is 5.36. The highest BCUT2D eigenvalue weighted by atomic mass is 79.9. The summed E-state index contributed by atoms with van der Waals surface area (Å²) in [5.41, 5.74) is 2.31. The summed E-state index contributed by atoms with van der Waals surface area (Å²) >= 11 is 5.22. The molecule has 3 nitrogen and oxygen atoms in total. The molecule has 0 radical (unpaired) electrons.